The summed E-state index contributed by atoms with van der Waals surface area (Å²) in [5.41, 5.74) is 5.00. The number of rotatable bonds is 1. The Morgan fingerprint density at radius 1 is 1.29 bits per heavy atom. The first kappa shape index (κ1) is 12.0. The van der Waals surface area contributed by atoms with E-state index in [0.29, 0.717) is 5.92 Å². The summed E-state index contributed by atoms with van der Waals surface area (Å²) in [6.45, 7) is 2.15. The number of aromatic amines is 1. The highest BCUT2D eigenvalue weighted by molar-refractivity contribution is 5.27. The van der Waals surface area contributed by atoms with Crippen molar-refractivity contribution in [3.05, 3.63) is 26.9 Å². The molecule has 0 spiro atoms. The largest absolute Gasteiger partial charge is 0.385 e. The summed E-state index contributed by atoms with van der Waals surface area (Å²) < 4.78 is 1.55. The minimum atomic E-state index is -0.426. The summed E-state index contributed by atoms with van der Waals surface area (Å²) in [7, 11) is 0. The van der Waals surface area contributed by atoms with Gasteiger partial charge < -0.3 is 5.73 Å². The summed E-state index contributed by atoms with van der Waals surface area (Å²) in [6.07, 6.45) is 5.58. The van der Waals surface area contributed by atoms with E-state index in [1.165, 1.54) is 18.9 Å². The molecule has 5 heteroatoms. The lowest BCUT2D eigenvalue weighted by atomic mass is 9.96. The van der Waals surface area contributed by atoms with E-state index in [0.717, 1.165) is 19.3 Å². The van der Waals surface area contributed by atoms with Gasteiger partial charge in [-0.1, -0.05) is 26.2 Å². The fraction of sp³-hybridized carbons (Fsp3) is 0.667. The molecule has 0 saturated heterocycles. The van der Waals surface area contributed by atoms with Crippen LogP contribution in [0.25, 0.3) is 0 Å². The Labute approximate surface area is 99.7 Å². The van der Waals surface area contributed by atoms with E-state index < -0.39 is 5.56 Å². The molecule has 2 atom stereocenters. The zero-order valence-electron chi connectivity index (χ0n) is 10.1. The lowest BCUT2D eigenvalue weighted by Crippen LogP contribution is -2.35. The third-order valence-electron chi connectivity index (χ3n) is 3.65. The van der Waals surface area contributed by atoms with E-state index in [1.54, 1.807) is 4.57 Å². The van der Waals surface area contributed by atoms with Crippen LogP contribution in [-0.4, -0.2) is 9.55 Å². The SMILES string of the molecule is CC1CCCCCC1n1c(N)cc(=O)[nH]c1=O. The van der Waals surface area contributed by atoms with Crippen LogP contribution >= 0.6 is 0 Å². The molecule has 0 aliphatic heterocycles. The Morgan fingerprint density at radius 2 is 2.00 bits per heavy atom. The Kier molecular flexibility index (Phi) is 3.36. The van der Waals surface area contributed by atoms with Crippen LogP contribution in [0.2, 0.25) is 0 Å². The van der Waals surface area contributed by atoms with Gasteiger partial charge in [-0.25, -0.2) is 4.79 Å². The van der Waals surface area contributed by atoms with Gasteiger partial charge >= 0.3 is 5.69 Å². The average molecular weight is 237 g/mol. The zero-order valence-corrected chi connectivity index (χ0v) is 10.1. The maximum atomic E-state index is 11.8. The molecule has 1 aromatic rings. The lowest BCUT2D eigenvalue weighted by molar-refractivity contribution is 0.326. The first-order valence-corrected chi connectivity index (χ1v) is 6.21. The van der Waals surface area contributed by atoms with Crippen LogP contribution in [-0.2, 0) is 0 Å². The van der Waals surface area contributed by atoms with Crippen LogP contribution in [0.4, 0.5) is 5.82 Å². The molecule has 2 unspecified atom stereocenters. The van der Waals surface area contributed by atoms with Crippen LogP contribution in [0.5, 0.6) is 0 Å². The number of nitrogens with two attached hydrogens (primary N) is 1. The van der Waals surface area contributed by atoms with Gasteiger partial charge in [0.15, 0.2) is 0 Å². The molecule has 0 aromatic carbocycles. The van der Waals surface area contributed by atoms with Crippen LogP contribution in [0, 0.1) is 5.92 Å². The van der Waals surface area contributed by atoms with Gasteiger partial charge in [-0.3, -0.25) is 14.3 Å². The maximum Gasteiger partial charge on any atom is 0.330 e. The van der Waals surface area contributed by atoms with Gasteiger partial charge in [-0.15, -0.1) is 0 Å². The van der Waals surface area contributed by atoms with Gasteiger partial charge in [0, 0.05) is 12.1 Å². The van der Waals surface area contributed by atoms with Gasteiger partial charge in [-0.2, -0.15) is 0 Å². The second-order valence-corrected chi connectivity index (χ2v) is 4.92. The van der Waals surface area contributed by atoms with Crippen molar-refractivity contribution in [2.75, 3.05) is 5.73 Å². The van der Waals surface area contributed by atoms with E-state index in [4.69, 9.17) is 5.73 Å². The molecule has 1 fully saturated rings. The zero-order chi connectivity index (χ0) is 12.4. The summed E-state index contributed by atoms with van der Waals surface area (Å²) in [5.74, 6) is 0.695. The fourth-order valence-corrected chi connectivity index (χ4v) is 2.72. The maximum absolute atomic E-state index is 11.8. The second kappa shape index (κ2) is 4.77. The predicted molar refractivity (Wildman–Crippen MR) is 67.0 cm³/mol. The van der Waals surface area contributed by atoms with Crippen molar-refractivity contribution in [2.24, 2.45) is 5.92 Å². The van der Waals surface area contributed by atoms with Gasteiger partial charge in [0.1, 0.15) is 5.82 Å². The van der Waals surface area contributed by atoms with Crippen LogP contribution in [0.3, 0.4) is 0 Å². The number of hydrogen-bond acceptors (Lipinski definition) is 3. The highest BCUT2D eigenvalue weighted by Crippen LogP contribution is 2.32. The van der Waals surface area contributed by atoms with Crippen molar-refractivity contribution in [3.8, 4) is 0 Å². The molecular formula is C12H19N3O2. The molecule has 1 aliphatic rings. The smallest absolute Gasteiger partial charge is 0.330 e. The topological polar surface area (TPSA) is 80.9 Å². The molecule has 1 aliphatic carbocycles. The lowest BCUT2D eigenvalue weighted by Gasteiger charge is -2.24. The Morgan fingerprint density at radius 3 is 2.71 bits per heavy atom. The highest BCUT2D eigenvalue weighted by atomic mass is 16.2. The van der Waals surface area contributed by atoms with Crippen molar-refractivity contribution in [1.82, 2.24) is 9.55 Å². The summed E-state index contributed by atoms with van der Waals surface area (Å²) in [4.78, 5) is 25.3. The van der Waals surface area contributed by atoms with Crippen molar-refractivity contribution in [3.63, 3.8) is 0 Å². The minimum Gasteiger partial charge on any atom is -0.385 e. The van der Waals surface area contributed by atoms with Gasteiger partial charge in [0.25, 0.3) is 5.56 Å². The van der Waals surface area contributed by atoms with Crippen LogP contribution in [0.15, 0.2) is 15.7 Å². The van der Waals surface area contributed by atoms with E-state index >= 15 is 0 Å². The molecule has 1 heterocycles. The molecule has 0 amide bonds. The summed E-state index contributed by atoms with van der Waals surface area (Å²) in [6, 6.07) is 1.40. The van der Waals surface area contributed by atoms with Crippen LogP contribution in [0.1, 0.15) is 45.1 Å². The Hall–Kier alpha value is -1.52. The molecule has 2 rings (SSSR count). The number of H-pyrrole nitrogens is 1. The third-order valence-corrected chi connectivity index (χ3v) is 3.65. The first-order chi connectivity index (χ1) is 8.09. The van der Waals surface area contributed by atoms with E-state index in [1.807, 2.05) is 0 Å². The fourth-order valence-electron chi connectivity index (χ4n) is 2.72. The number of aromatic nitrogens is 2. The average Bonchev–Trinajstić information content (AvgIpc) is 2.43. The standard InChI is InChI=1S/C12H19N3O2/c1-8-5-3-2-4-6-9(8)15-10(13)7-11(16)14-12(15)17/h7-9H,2-6,13H2,1H3,(H,14,16,17). The molecule has 1 saturated carbocycles. The number of nitrogens with zero attached hydrogens (tertiary/aromatic N) is 1. The van der Waals surface area contributed by atoms with Gasteiger partial charge in [0.2, 0.25) is 0 Å². The monoisotopic (exact) mass is 237 g/mol. The molecule has 17 heavy (non-hydrogen) atoms. The molecule has 1 aromatic heterocycles. The number of hydrogen-bond donors (Lipinski definition) is 2. The molecule has 5 nitrogen and oxygen atoms in total. The van der Waals surface area contributed by atoms with Crippen molar-refractivity contribution < 1.29 is 0 Å². The number of nitrogen functional groups attached to an aromatic ring is 1. The molecule has 0 radical (unpaired) electrons. The van der Waals surface area contributed by atoms with Crippen molar-refractivity contribution in [2.45, 2.75) is 45.1 Å². The van der Waals surface area contributed by atoms with Gasteiger partial charge in [-0.05, 0) is 18.8 Å². The molecule has 94 valence electrons. The third kappa shape index (κ3) is 2.43. The number of anilines is 1. The summed E-state index contributed by atoms with van der Waals surface area (Å²) >= 11 is 0. The highest BCUT2D eigenvalue weighted by Gasteiger charge is 2.23. The van der Waals surface area contributed by atoms with Gasteiger partial charge in [0.05, 0.1) is 0 Å². The molecule has 3 N–H and O–H groups in total. The van der Waals surface area contributed by atoms with E-state index in [2.05, 4.69) is 11.9 Å². The minimum absolute atomic E-state index is 0.113. The summed E-state index contributed by atoms with van der Waals surface area (Å²) in [5, 5.41) is 0. The Balaban J connectivity index is 2.45. The quantitative estimate of drug-likeness (QED) is 0.721. The second-order valence-electron chi connectivity index (χ2n) is 4.92. The normalized spacial score (nSPS) is 25.5. The molecule has 0 bridgehead atoms. The van der Waals surface area contributed by atoms with Crippen molar-refractivity contribution >= 4 is 5.82 Å². The molecular weight excluding hydrogens is 218 g/mol. The van der Waals surface area contributed by atoms with E-state index in [9.17, 15) is 9.59 Å². The van der Waals surface area contributed by atoms with Crippen LogP contribution < -0.4 is 17.0 Å². The number of nitrogens with one attached hydrogen (secondary N) is 1. The predicted octanol–water partition coefficient (Wildman–Crippen LogP) is 1.26. The Bertz CT molecular complexity index is 503. The van der Waals surface area contributed by atoms with Crippen molar-refractivity contribution in [1.29, 1.82) is 0 Å². The first-order valence-electron chi connectivity index (χ1n) is 6.21. The van der Waals surface area contributed by atoms with E-state index in [-0.39, 0.29) is 17.5 Å².